The highest BCUT2D eigenvalue weighted by Gasteiger charge is 2.23. The number of furan rings is 1. The molecule has 156 valence electrons. The van der Waals surface area contributed by atoms with Crippen LogP contribution >= 0.6 is 0 Å². The highest BCUT2D eigenvalue weighted by Crippen LogP contribution is 2.19. The SMILES string of the molecule is O=C(C[NH2+][C@@H](c1ccccc1)c1ccco1)N[C@H](Cc1ccccc1)c1ccccc1. The van der Waals surface area contributed by atoms with Crippen LogP contribution in [0, 0.1) is 0 Å². The van der Waals surface area contributed by atoms with Crippen molar-refractivity contribution in [3.05, 3.63) is 132 Å². The number of nitrogens with two attached hydrogens (primary N) is 1. The number of nitrogens with one attached hydrogen (secondary N) is 1. The van der Waals surface area contributed by atoms with Gasteiger partial charge in [0.1, 0.15) is 0 Å². The van der Waals surface area contributed by atoms with Crippen LogP contribution in [0.2, 0.25) is 0 Å². The number of benzene rings is 3. The molecule has 4 nitrogen and oxygen atoms in total. The highest BCUT2D eigenvalue weighted by atomic mass is 16.3. The molecule has 1 aromatic heterocycles. The minimum Gasteiger partial charge on any atom is -0.463 e. The van der Waals surface area contributed by atoms with Gasteiger partial charge in [0.15, 0.2) is 18.3 Å². The van der Waals surface area contributed by atoms with Gasteiger partial charge in [-0.05, 0) is 29.7 Å². The summed E-state index contributed by atoms with van der Waals surface area (Å²) in [4.78, 5) is 12.9. The molecular weight excluding hydrogens is 384 g/mol. The molecule has 1 amide bonds. The number of hydrogen-bond donors (Lipinski definition) is 2. The monoisotopic (exact) mass is 411 g/mol. The van der Waals surface area contributed by atoms with E-state index in [0.29, 0.717) is 6.54 Å². The van der Waals surface area contributed by atoms with Gasteiger partial charge in [-0.25, -0.2) is 0 Å². The van der Waals surface area contributed by atoms with Gasteiger partial charge in [0.05, 0.1) is 12.3 Å². The van der Waals surface area contributed by atoms with Crippen LogP contribution in [0.25, 0.3) is 0 Å². The van der Waals surface area contributed by atoms with Gasteiger partial charge in [0.25, 0.3) is 5.91 Å². The van der Waals surface area contributed by atoms with Crippen molar-refractivity contribution in [3.8, 4) is 0 Å². The Morgan fingerprint density at radius 1 is 0.774 bits per heavy atom. The molecule has 0 aliphatic heterocycles. The summed E-state index contributed by atoms with van der Waals surface area (Å²) in [6.07, 6.45) is 2.42. The van der Waals surface area contributed by atoms with Crippen molar-refractivity contribution in [1.82, 2.24) is 5.32 Å². The molecule has 4 rings (SSSR count). The molecule has 4 heteroatoms. The molecule has 0 spiro atoms. The second kappa shape index (κ2) is 10.4. The Morgan fingerprint density at radius 2 is 1.39 bits per heavy atom. The van der Waals surface area contributed by atoms with Crippen LogP contribution in [0.5, 0.6) is 0 Å². The van der Waals surface area contributed by atoms with Crippen molar-refractivity contribution in [3.63, 3.8) is 0 Å². The van der Waals surface area contributed by atoms with Crippen molar-refractivity contribution in [2.45, 2.75) is 18.5 Å². The second-order valence-corrected chi connectivity index (χ2v) is 7.56. The predicted molar refractivity (Wildman–Crippen MR) is 121 cm³/mol. The smallest absolute Gasteiger partial charge is 0.275 e. The van der Waals surface area contributed by atoms with Gasteiger partial charge in [-0.3, -0.25) is 4.79 Å². The first kappa shape index (κ1) is 20.6. The number of carbonyl (C=O) groups is 1. The Morgan fingerprint density at radius 3 is 2.00 bits per heavy atom. The molecule has 0 saturated heterocycles. The first-order valence-corrected chi connectivity index (χ1v) is 10.6. The van der Waals surface area contributed by atoms with Crippen LogP contribution in [-0.2, 0) is 11.2 Å². The van der Waals surface area contributed by atoms with Crippen LogP contribution in [0.1, 0.15) is 34.5 Å². The van der Waals surface area contributed by atoms with E-state index < -0.39 is 0 Å². The fraction of sp³-hybridized carbons (Fsp3) is 0.148. The van der Waals surface area contributed by atoms with Crippen molar-refractivity contribution >= 4 is 5.91 Å². The number of rotatable bonds is 9. The lowest BCUT2D eigenvalue weighted by molar-refractivity contribution is -0.678. The van der Waals surface area contributed by atoms with Crippen LogP contribution in [0.3, 0.4) is 0 Å². The summed E-state index contributed by atoms with van der Waals surface area (Å²) in [7, 11) is 0. The minimum atomic E-state index is -0.0803. The van der Waals surface area contributed by atoms with E-state index in [-0.39, 0.29) is 18.0 Å². The molecule has 2 atom stereocenters. The van der Waals surface area contributed by atoms with Gasteiger partial charge in [0, 0.05) is 5.56 Å². The zero-order chi connectivity index (χ0) is 21.3. The first-order valence-electron chi connectivity index (χ1n) is 10.6. The summed E-state index contributed by atoms with van der Waals surface area (Å²) in [5.74, 6) is 0.833. The van der Waals surface area contributed by atoms with Gasteiger partial charge >= 0.3 is 0 Å². The molecule has 3 aromatic carbocycles. The molecule has 0 fully saturated rings. The summed E-state index contributed by atoms with van der Waals surface area (Å²) in [6.45, 7) is 0.304. The summed E-state index contributed by atoms with van der Waals surface area (Å²) < 4.78 is 5.65. The van der Waals surface area contributed by atoms with E-state index in [1.807, 2.05) is 72.0 Å². The molecule has 0 unspecified atom stereocenters. The van der Waals surface area contributed by atoms with Crippen LogP contribution in [0.4, 0.5) is 0 Å². The standard InChI is InChI=1S/C27H26N2O2/c30-26(20-28-27(25-17-10-18-31-25)23-15-8-3-9-16-23)29-24(22-13-6-2-7-14-22)19-21-11-4-1-5-12-21/h1-18,24,27-28H,19-20H2,(H,29,30)/p+1/t24-,27+/m1/s1. The lowest BCUT2D eigenvalue weighted by atomic mass is 9.99. The fourth-order valence-corrected chi connectivity index (χ4v) is 3.81. The van der Waals surface area contributed by atoms with E-state index in [2.05, 4.69) is 41.7 Å². The van der Waals surface area contributed by atoms with Gasteiger partial charge in [-0.2, -0.15) is 0 Å². The molecular formula is C27H27N2O2+. The molecule has 4 aromatic rings. The summed E-state index contributed by atoms with van der Waals surface area (Å²) in [6, 6.07) is 34.2. The van der Waals surface area contributed by atoms with Crippen LogP contribution in [0.15, 0.2) is 114 Å². The summed E-state index contributed by atoms with van der Waals surface area (Å²) in [5.41, 5.74) is 3.40. The molecule has 3 N–H and O–H groups in total. The fourth-order valence-electron chi connectivity index (χ4n) is 3.81. The third kappa shape index (κ3) is 5.71. The Balaban J connectivity index is 1.45. The van der Waals surface area contributed by atoms with Crippen molar-refractivity contribution in [2.75, 3.05) is 6.54 Å². The van der Waals surface area contributed by atoms with E-state index in [1.54, 1.807) is 6.26 Å². The zero-order valence-corrected chi connectivity index (χ0v) is 17.4. The number of quaternary nitrogens is 1. The van der Waals surface area contributed by atoms with Gasteiger partial charge in [-0.1, -0.05) is 91.0 Å². The second-order valence-electron chi connectivity index (χ2n) is 7.56. The zero-order valence-electron chi connectivity index (χ0n) is 17.4. The Labute approximate surface area is 182 Å². The summed E-state index contributed by atoms with van der Waals surface area (Å²) >= 11 is 0. The minimum absolute atomic E-state index is 0.00253. The van der Waals surface area contributed by atoms with Crippen LogP contribution in [-0.4, -0.2) is 12.5 Å². The average Bonchev–Trinajstić information content (AvgIpc) is 3.35. The van der Waals surface area contributed by atoms with Crippen molar-refractivity contribution in [2.24, 2.45) is 0 Å². The number of hydrogen-bond acceptors (Lipinski definition) is 2. The lowest BCUT2D eigenvalue weighted by Gasteiger charge is -2.20. The highest BCUT2D eigenvalue weighted by molar-refractivity contribution is 5.77. The van der Waals surface area contributed by atoms with Crippen molar-refractivity contribution < 1.29 is 14.5 Å². The molecule has 1 heterocycles. The maximum absolute atomic E-state index is 12.9. The molecule has 0 aliphatic rings. The Kier molecular flexibility index (Phi) is 6.93. The molecule has 0 bridgehead atoms. The molecule has 0 radical (unpaired) electrons. The van der Waals surface area contributed by atoms with E-state index in [1.165, 1.54) is 5.56 Å². The van der Waals surface area contributed by atoms with Crippen LogP contribution < -0.4 is 10.6 Å². The van der Waals surface area contributed by atoms with E-state index >= 15 is 0 Å². The third-order valence-electron chi connectivity index (χ3n) is 5.37. The average molecular weight is 412 g/mol. The first-order chi connectivity index (χ1) is 15.3. The largest absolute Gasteiger partial charge is 0.463 e. The van der Waals surface area contributed by atoms with E-state index in [0.717, 1.165) is 23.3 Å². The van der Waals surface area contributed by atoms with Gasteiger partial charge in [0.2, 0.25) is 0 Å². The predicted octanol–water partition coefficient (Wildman–Crippen LogP) is 4.03. The normalized spacial score (nSPS) is 12.8. The maximum Gasteiger partial charge on any atom is 0.275 e. The lowest BCUT2D eigenvalue weighted by Crippen LogP contribution is -2.87. The number of amides is 1. The molecule has 0 saturated carbocycles. The topological polar surface area (TPSA) is 58.9 Å². The Hall–Kier alpha value is -3.63. The maximum atomic E-state index is 12.9. The quantitative estimate of drug-likeness (QED) is 0.437. The van der Waals surface area contributed by atoms with Gasteiger partial charge in [-0.15, -0.1) is 0 Å². The van der Waals surface area contributed by atoms with Gasteiger partial charge < -0.3 is 15.1 Å². The third-order valence-corrected chi connectivity index (χ3v) is 5.37. The summed E-state index contributed by atoms with van der Waals surface area (Å²) in [5, 5.41) is 5.26. The van der Waals surface area contributed by atoms with E-state index in [4.69, 9.17) is 4.42 Å². The molecule has 31 heavy (non-hydrogen) atoms. The van der Waals surface area contributed by atoms with Crippen molar-refractivity contribution in [1.29, 1.82) is 0 Å². The number of carbonyl (C=O) groups excluding carboxylic acids is 1. The Bertz CT molecular complexity index is 1050. The molecule has 0 aliphatic carbocycles. The van der Waals surface area contributed by atoms with E-state index in [9.17, 15) is 4.79 Å².